The molecule has 18 heavy (non-hydrogen) atoms. The van der Waals surface area contributed by atoms with E-state index in [2.05, 4.69) is 0 Å². The fraction of sp³-hybridized carbons (Fsp3) is 0.800. The van der Waals surface area contributed by atoms with E-state index in [1.54, 1.807) is 20.8 Å². The number of carbonyl (C=O) groups excluding carboxylic acids is 1. The number of aliphatic carboxylic acids is 1. The molecule has 104 valence electrons. The average Bonchev–Trinajstić information content (AvgIpc) is 2.44. The zero-order valence-electron chi connectivity index (χ0n) is 10.4. The van der Waals surface area contributed by atoms with E-state index in [4.69, 9.17) is 5.11 Å². The summed E-state index contributed by atoms with van der Waals surface area (Å²) in [7, 11) is -4.83. The van der Waals surface area contributed by atoms with Gasteiger partial charge in [-0.05, 0) is 5.41 Å². The van der Waals surface area contributed by atoms with Crippen molar-refractivity contribution in [2.75, 3.05) is 6.54 Å². The summed E-state index contributed by atoms with van der Waals surface area (Å²) in [6.07, 6.45) is -0.501. The van der Waals surface area contributed by atoms with Crippen LogP contribution in [0.5, 0.6) is 0 Å². The predicted octanol–water partition coefficient (Wildman–Crippen LogP) is 0.386. The molecule has 0 bridgehead atoms. The number of hydrogen-bond donors (Lipinski definition) is 1. The maximum Gasteiger partial charge on any atom is 0.326 e. The van der Waals surface area contributed by atoms with E-state index in [9.17, 15) is 21.9 Å². The van der Waals surface area contributed by atoms with Gasteiger partial charge in [0.1, 0.15) is 11.3 Å². The molecule has 1 saturated heterocycles. The molecule has 1 amide bonds. The lowest BCUT2D eigenvalue weighted by molar-refractivity contribution is -0.153. The number of amides is 1. The molecule has 0 saturated carbocycles. The van der Waals surface area contributed by atoms with Crippen LogP contribution in [0.25, 0.3) is 0 Å². The molecule has 1 N–H and O–H groups in total. The number of carboxylic acids is 1. The fourth-order valence-electron chi connectivity index (χ4n) is 2.11. The van der Waals surface area contributed by atoms with Crippen LogP contribution in [0.3, 0.4) is 0 Å². The van der Waals surface area contributed by atoms with Gasteiger partial charge in [-0.1, -0.05) is 20.8 Å². The van der Waals surface area contributed by atoms with Crippen molar-refractivity contribution < 1.29 is 27.0 Å². The number of halogens is 1. The Hall–Kier alpha value is -1.18. The fourth-order valence-corrected chi connectivity index (χ4v) is 2.79. The molecule has 1 aliphatic heterocycles. The van der Waals surface area contributed by atoms with Crippen LogP contribution in [0, 0.1) is 5.41 Å². The Kier molecular flexibility index (Phi) is 3.71. The smallest absolute Gasteiger partial charge is 0.326 e. The van der Waals surface area contributed by atoms with Gasteiger partial charge in [-0.2, -0.15) is 8.42 Å². The van der Waals surface area contributed by atoms with Crippen molar-refractivity contribution in [2.45, 2.75) is 38.5 Å². The van der Waals surface area contributed by atoms with Crippen molar-refractivity contribution in [3.05, 3.63) is 0 Å². The maximum absolute atomic E-state index is 12.8. The molecule has 0 aliphatic carbocycles. The molecular formula is C10H16FNO5S. The van der Waals surface area contributed by atoms with Crippen LogP contribution in [0.15, 0.2) is 0 Å². The summed E-state index contributed by atoms with van der Waals surface area (Å²) < 4.78 is 34.4. The number of carbonyl (C=O) groups is 2. The standard InChI is InChI=1S/C10H16FNO5S/c1-10(2,3)8(9(14)15)12-5-6(4-7(12)13)18(11,16)17/h6,8H,4-5H2,1-3H3,(H,14,15)/t6?,8-/m1/s1. The van der Waals surface area contributed by atoms with Gasteiger partial charge < -0.3 is 10.0 Å². The summed E-state index contributed by atoms with van der Waals surface area (Å²) in [5.74, 6) is -1.88. The summed E-state index contributed by atoms with van der Waals surface area (Å²) in [5.41, 5.74) is -0.767. The third kappa shape index (κ3) is 2.98. The highest BCUT2D eigenvalue weighted by Gasteiger charge is 2.47. The van der Waals surface area contributed by atoms with Crippen LogP contribution in [-0.4, -0.2) is 48.1 Å². The lowest BCUT2D eigenvalue weighted by Gasteiger charge is -2.34. The van der Waals surface area contributed by atoms with Gasteiger partial charge in [0.05, 0.1) is 0 Å². The minimum absolute atomic E-state index is 0.411. The van der Waals surface area contributed by atoms with Crippen molar-refractivity contribution in [3.63, 3.8) is 0 Å². The number of carboxylic acid groups (broad SMARTS) is 1. The molecule has 0 radical (unpaired) electrons. The van der Waals surface area contributed by atoms with E-state index in [-0.39, 0.29) is 0 Å². The summed E-state index contributed by atoms with van der Waals surface area (Å²) in [6, 6.07) is -1.17. The van der Waals surface area contributed by atoms with Crippen LogP contribution in [-0.2, 0) is 19.8 Å². The van der Waals surface area contributed by atoms with E-state index >= 15 is 0 Å². The molecule has 1 unspecified atom stereocenters. The van der Waals surface area contributed by atoms with Crippen LogP contribution in [0.4, 0.5) is 3.89 Å². The first-order valence-corrected chi connectivity index (χ1v) is 6.85. The van der Waals surface area contributed by atoms with E-state index in [0.717, 1.165) is 4.90 Å². The second-order valence-electron chi connectivity index (χ2n) is 5.45. The first-order chi connectivity index (χ1) is 7.94. The molecule has 0 aromatic carbocycles. The van der Waals surface area contributed by atoms with Gasteiger partial charge >= 0.3 is 16.2 Å². The van der Waals surface area contributed by atoms with E-state index < -0.39 is 51.8 Å². The topological polar surface area (TPSA) is 91.8 Å². The van der Waals surface area contributed by atoms with Gasteiger partial charge in [-0.3, -0.25) is 4.79 Å². The maximum atomic E-state index is 12.8. The van der Waals surface area contributed by atoms with Gasteiger partial charge in [0.25, 0.3) is 0 Å². The van der Waals surface area contributed by atoms with Crippen molar-refractivity contribution in [1.82, 2.24) is 4.90 Å². The van der Waals surface area contributed by atoms with Crippen LogP contribution >= 0.6 is 0 Å². The number of nitrogens with zero attached hydrogens (tertiary/aromatic N) is 1. The molecule has 8 heteroatoms. The lowest BCUT2D eigenvalue weighted by atomic mass is 9.86. The van der Waals surface area contributed by atoms with Crippen molar-refractivity contribution in [1.29, 1.82) is 0 Å². The molecule has 1 fully saturated rings. The van der Waals surface area contributed by atoms with Crippen LogP contribution < -0.4 is 0 Å². The molecular weight excluding hydrogens is 265 g/mol. The summed E-state index contributed by atoms with van der Waals surface area (Å²) in [5, 5.41) is 7.68. The third-order valence-electron chi connectivity index (χ3n) is 2.89. The Morgan fingerprint density at radius 3 is 2.28 bits per heavy atom. The molecule has 1 aliphatic rings. The van der Waals surface area contributed by atoms with Gasteiger partial charge in [-0.25, -0.2) is 4.79 Å². The molecule has 6 nitrogen and oxygen atoms in total. The highest BCUT2D eigenvalue weighted by molar-refractivity contribution is 7.87. The van der Waals surface area contributed by atoms with Crippen molar-refractivity contribution in [2.24, 2.45) is 5.41 Å². The molecule has 0 spiro atoms. The minimum Gasteiger partial charge on any atom is -0.480 e. The summed E-state index contributed by atoms with van der Waals surface area (Å²) >= 11 is 0. The molecule has 2 atom stereocenters. The summed E-state index contributed by atoms with van der Waals surface area (Å²) in [6.45, 7) is 4.45. The normalized spacial score (nSPS) is 23.2. The highest BCUT2D eigenvalue weighted by atomic mass is 32.3. The monoisotopic (exact) mass is 281 g/mol. The van der Waals surface area contributed by atoms with E-state index in [1.807, 2.05) is 0 Å². The first-order valence-electron chi connectivity index (χ1n) is 5.40. The molecule has 0 aromatic heterocycles. The zero-order valence-corrected chi connectivity index (χ0v) is 11.2. The van der Waals surface area contributed by atoms with Gasteiger partial charge in [0.15, 0.2) is 0 Å². The van der Waals surface area contributed by atoms with Crippen LogP contribution in [0.2, 0.25) is 0 Å². The number of hydrogen-bond acceptors (Lipinski definition) is 4. The Morgan fingerprint density at radius 2 is 2.00 bits per heavy atom. The Balaban J connectivity index is 3.04. The average molecular weight is 281 g/mol. The number of rotatable bonds is 3. The van der Waals surface area contributed by atoms with E-state index in [0.29, 0.717) is 0 Å². The second-order valence-corrected chi connectivity index (χ2v) is 7.07. The third-order valence-corrected chi connectivity index (χ3v) is 4.00. The van der Waals surface area contributed by atoms with Crippen molar-refractivity contribution >= 4 is 22.1 Å². The Bertz CT molecular complexity index is 467. The quantitative estimate of drug-likeness (QED) is 0.755. The van der Waals surface area contributed by atoms with Gasteiger partial charge in [0, 0.05) is 13.0 Å². The lowest BCUT2D eigenvalue weighted by Crippen LogP contribution is -2.50. The van der Waals surface area contributed by atoms with Crippen molar-refractivity contribution in [3.8, 4) is 0 Å². The largest absolute Gasteiger partial charge is 0.480 e. The molecule has 1 rings (SSSR count). The van der Waals surface area contributed by atoms with Gasteiger partial charge in [-0.15, -0.1) is 3.89 Å². The second kappa shape index (κ2) is 4.49. The molecule has 0 aromatic rings. The summed E-state index contributed by atoms with van der Waals surface area (Å²) in [4.78, 5) is 23.8. The predicted molar refractivity (Wildman–Crippen MR) is 61.0 cm³/mol. The SMILES string of the molecule is CC(C)(C)[C@@H](C(=O)O)N1CC(S(=O)(=O)F)CC1=O. The molecule has 1 heterocycles. The van der Waals surface area contributed by atoms with Crippen LogP contribution in [0.1, 0.15) is 27.2 Å². The number of likely N-dealkylation sites (tertiary alicyclic amines) is 1. The Morgan fingerprint density at radius 1 is 1.50 bits per heavy atom. The minimum atomic E-state index is -4.83. The first kappa shape index (κ1) is 14.9. The van der Waals surface area contributed by atoms with Gasteiger partial charge in [0.2, 0.25) is 5.91 Å². The van der Waals surface area contributed by atoms with E-state index in [1.165, 1.54) is 0 Å². The highest BCUT2D eigenvalue weighted by Crippen LogP contribution is 2.30. The zero-order chi connectivity index (χ0) is 14.3. The Labute approximate surface area is 105 Å².